The second-order valence-electron chi connectivity index (χ2n) is 8.30. The molecule has 0 aromatic heterocycles. The molecule has 0 bridgehead atoms. The van der Waals surface area contributed by atoms with E-state index < -0.39 is 45.4 Å². The Kier molecular flexibility index (Phi) is 6.38. The predicted molar refractivity (Wildman–Crippen MR) is 99.9 cm³/mol. The number of nitrogens with zero attached hydrogens (tertiary/aromatic N) is 1. The van der Waals surface area contributed by atoms with Crippen molar-refractivity contribution in [2.24, 2.45) is 5.92 Å². The molecule has 0 radical (unpaired) electrons. The SMILES string of the molecule is CC(C)N1CC(C(F)(F)c2cccc([C@@H](C)N[S+]([O-])C(C)(C)C)c2F)C1. The Labute approximate surface area is 157 Å². The molecule has 3 nitrogen and oxygen atoms in total. The lowest BCUT2D eigenvalue weighted by atomic mass is 9.86. The standard InChI is InChI=1S/C19H29F3N2OS/c1-12(2)24-10-14(11-24)19(21,22)16-9-7-8-15(17(16)20)13(3)23-26(25)18(4,5)6/h7-9,12-14,23H,10-11H2,1-6H3/t13-,26?/m1/s1. The molecule has 0 amide bonds. The van der Waals surface area contributed by atoms with Crippen LogP contribution in [0.5, 0.6) is 0 Å². The fraction of sp³-hybridized carbons (Fsp3) is 0.684. The first kappa shape index (κ1) is 21.5. The number of alkyl halides is 2. The van der Waals surface area contributed by atoms with E-state index >= 15 is 0 Å². The highest BCUT2D eigenvalue weighted by Gasteiger charge is 2.50. The molecule has 26 heavy (non-hydrogen) atoms. The maximum absolute atomic E-state index is 14.9. The second kappa shape index (κ2) is 7.70. The highest BCUT2D eigenvalue weighted by atomic mass is 32.2. The van der Waals surface area contributed by atoms with Gasteiger partial charge in [0.1, 0.15) is 10.6 Å². The van der Waals surface area contributed by atoms with E-state index in [2.05, 4.69) is 4.72 Å². The van der Waals surface area contributed by atoms with Crippen molar-refractivity contribution in [3.63, 3.8) is 0 Å². The minimum atomic E-state index is -3.23. The molecule has 0 spiro atoms. The third-order valence-electron chi connectivity index (χ3n) is 4.85. The van der Waals surface area contributed by atoms with Crippen LogP contribution in [-0.4, -0.2) is 33.3 Å². The zero-order chi connectivity index (χ0) is 19.9. The maximum Gasteiger partial charge on any atom is 0.281 e. The Morgan fingerprint density at radius 2 is 1.77 bits per heavy atom. The van der Waals surface area contributed by atoms with Crippen molar-refractivity contribution in [1.82, 2.24) is 9.62 Å². The summed E-state index contributed by atoms with van der Waals surface area (Å²) in [4.78, 5) is 1.94. The highest BCUT2D eigenvalue weighted by Crippen LogP contribution is 2.43. The number of hydrogen-bond acceptors (Lipinski definition) is 3. The van der Waals surface area contributed by atoms with Gasteiger partial charge in [-0.1, -0.05) is 18.2 Å². The van der Waals surface area contributed by atoms with Crippen molar-refractivity contribution in [3.05, 3.63) is 35.1 Å². The average Bonchev–Trinajstić information content (AvgIpc) is 2.43. The quantitative estimate of drug-likeness (QED) is 0.733. The Balaban J connectivity index is 2.21. The molecule has 2 atom stereocenters. The van der Waals surface area contributed by atoms with Crippen LogP contribution in [-0.2, 0) is 17.3 Å². The number of rotatable bonds is 6. The van der Waals surface area contributed by atoms with Gasteiger partial charge in [0.05, 0.1) is 17.5 Å². The highest BCUT2D eigenvalue weighted by molar-refractivity contribution is 7.90. The van der Waals surface area contributed by atoms with Crippen molar-refractivity contribution < 1.29 is 17.7 Å². The van der Waals surface area contributed by atoms with E-state index in [9.17, 15) is 17.7 Å². The molecule has 7 heteroatoms. The molecule has 1 fully saturated rings. The van der Waals surface area contributed by atoms with Gasteiger partial charge in [-0.25, -0.2) is 13.2 Å². The van der Waals surface area contributed by atoms with Crippen LogP contribution >= 0.6 is 0 Å². The van der Waals surface area contributed by atoms with Gasteiger partial charge in [0.2, 0.25) is 0 Å². The maximum atomic E-state index is 14.9. The van der Waals surface area contributed by atoms with Crippen molar-refractivity contribution in [3.8, 4) is 0 Å². The lowest BCUT2D eigenvalue weighted by Crippen LogP contribution is -2.56. The van der Waals surface area contributed by atoms with Crippen LogP contribution in [0.3, 0.4) is 0 Å². The van der Waals surface area contributed by atoms with Gasteiger partial charge >= 0.3 is 0 Å². The van der Waals surface area contributed by atoms with Crippen LogP contribution in [0.25, 0.3) is 0 Å². The second-order valence-corrected chi connectivity index (χ2v) is 10.3. The van der Waals surface area contributed by atoms with E-state index in [4.69, 9.17) is 0 Å². The summed E-state index contributed by atoms with van der Waals surface area (Å²) in [6, 6.07) is 3.63. The number of nitrogens with one attached hydrogen (secondary N) is 1. The smallest absolute Gasteiger partial charge is 0.281 e. The molecule has 1 aromatic rings. The Hall–Kier alpha value is -0.760. The fourth-order valence-electron chi connectivity index (χ4n) is 2.93. The molecule has 1 saturated heterocycles. The molecule has 2 rings (SSSR count). The number of benzene rings is 1. The average molecular weight is 391 g/mol. The molecular formula is C19H29F3N2OS. The normalized spacial score (nSPS) is 19.5. The first-order chi connectivity index (χ1) is 11.9. The minimum Gasteiger partial charge on any atom is -0.598 e. The summed E-state index contributed by atoms with van der Waals surface area (Å²) in [5, 5.41) is 0. The molecule has 1 heterocycles. The third-order valence-corrected chi connectivity index (χ3v) is 6.53. The summed E-state index contributed by atoms with van der Waals surface area (Å²) >= 11 is -1.42. The molecule has 148 valence electrons. The monoisotopic (exact) mass is 390 g/mol. The van der Waals surface area contributed by atoms with Crippen LogP contribution in [0.15, 0.2) is 18.2 Å². The summed E-state index contributed by atoms with van der Waals surface area (Å²) in [5.74, 6) is -5.03. The lowest BCUT2D eigenvalue weighted by Gasteiger charge is -2.45. The Morgan fingerprint density at radius 1 is 1.19 bits per heavy atom. The van der Waals surface area contributed by atoms with E-state index in [1.807, 2.05) is 18.7 Å². The molecule has 1 aliphatic heterocycles. The number of halogens is 3. The first-order valence-electron chi connectivity index (χ1n) is 8.94. The fourth-order valence-corrected chi connectivity index (χ4v) is 3.73. The summed E-state index contributed by atoms with van der Waals surface area (Å²) < 4.78 is 59.1. The van der Waals surface area contributed by atoms with Gasteiger partial charge in [-0.05, 0) is 41.5 Å². The van der Waals surface area contributed by atoms with E-state index in [0.717, 1.165) is 6.07 Å². The molecule has 0 saturated carbocycles. The van der Waals surface area contributed by atoms with Crippen LogP contribution < -0.4 is 4.72 Å². The van der Waals surface area contributed by atoms with Gasteiger partial charge in [0.25, 0.3) is 5.92 Å². The van der Waals surface area contributed by atoms with Crippen molar-refractivity contribution in [1.29, 1.82) is 0 Å². The van der Waals surface area contributed by atoms with Gasteiger partial charge in [-0.15, -0.1) is 4.72 Å². The van der Waals surface area contributed by atoms with Crippen LogP contribution in [0.4, 0.5) is 13.2 Å². The zero-order valence-corrected chi connectivity index (χ0v) is 17.1. The summed E-state index contributed by atoms with van der Waals surface area (Å²) in [6.07, 6.45) is 0. The van der Waals surface area contributed by atoms with Crippen LogP contribution in [0, 0.1) is 11.7 Å². The van der Waals surface area contributed by atoms with Gasteiger partial charge < -0.3 is 4.55 Å². The van der Waals surface area contributed by atoms with Crippen molar-refractivity contribution in [2.45, 2.75) is 64.3 Å². The van der Waals surface area contributed by atoms with Crippen LogP contribution in [0.1, 0.15) is 58.7 Å². The van der Waals surface area contributed by atoms with E-state index in [1.54, 1.807) is 27.7 Å². The van der Waals surface area contributed by atoms with Crippen molar-refractivity contribution >= 4 is 11.4 Å². The molecule has 1 unspecified atom stereocenters. The molecule has 1 aliphatic rings. The van der Waals surface area contributed by atoms with Gasteiger partial charge in [0, 0.05) is 36.1 Å². The number of hydrogen-bond donors (Lipinski definition) is 1. The molecular weight excluding hydrogens is 361 g/mol. The van der Waals surface area contributed by atoms with E-state index in [0.29, 0.717) is 0 Å². The van der Waals surface area contributed by atoms with Crippen LogP contribution in [0.2, 0.25) is 0 Å². The summed E-state index contributed by atoms with van der Waals surface area (Å²) in [6.45, 7) is 11.4. The zero-order valence-electron chi connectivity index (χ0n) is 16.3. The Bertz CT molecular complexity index is 628. The minimum absolute atomic E-state index is 0.111. The Morgan fingerprint density at radius 3 is 2.27 bits per heavy atom. The van der Waals surface area contributed by atoms with Gasteiger partial charge in [0.15, 0.2) is 0 Å². The first-order valence-corrected chi connectivity index (χ1v) is 10.1. The summed E-state index contributed by atoms with van der Waals surface area (Å²) in [5.41, 5.74) is -0.460. The molecule has 0 aliphatic carbocycles. The summed E-state index contributed by atoms with van der Waals surface area (Å²) in [7, 11) is 0. The number of likely N-dealkylation sites (tertiary alicyclic amines) is 1. The topological polar surface area (TPSA) is 38.3 Å². The molecule has 1 aromatic carbocycles. The van der Waals surface area contributed by atoms with Gasteiger partial charge in [-0.2, -0.15) is 0 Å². The van der Waals surface area contributed by atoms with E-state index in [-0.39, 0.29) is 24.7 Å². The third kappa shape index (κ3) is 4.38. The predicted octanol–water partition coefficient (Wildman–Crippen LogP) is 4.37. The largest absolute Gasteiger partial charge is 0.598 e. The van der Waals surface area contributed by atoms with E-state index in [1.165, 1.54) is 12.1 Å². The van der Waals surface area contributed by atoms with Gasteiger partial charge in [-0.3, -0.25) is 4.90 Å². The van der Waals surface area contributed by atoms with Crippen molar-refractivity contribution in [2.75, 3.05) is 13.1 Å². The molecule has 1 N–H and O–H groups in total. The lowest BCUT2D eigenvalue weighted by molar-refractivity contribution is -0.132.